The number of hydrogen-bond acceptors (Lipinski definition) is 4. The molecule has 1 aliphatic carbocycles. The van der Waals surface area contributed by atoms with Crippen molar-refractivity contribution in [3.8, 4) is 0 Å². The first-order chi connectivity index (χ1) is 11.4. The summed E-state index contributed by atoms with van der Waals surface area (Å²) in [5.74, 6) is 1.28. The van der Waals surface area contributed by atoms with E-state index in [0.29, 0.717) is 5.92 Å². The molecule has 1 fully saturated rings. The largest absolute Gasteiger partial charge is 0.356 e. The molecule has 126 valence electrons. The summed E-state index contributed by atoms with van der Waals surface area (Å²) >= 11 is 0. The molecule has 0 unspecified atom stereocenters. The van der Waals surface area contributed by atoms with Crippen molar-refractivity contribution in [1.82, 2.24) is 29.9 Å². The van der Waals surface area contributed by atoms with E-state index in [1.54, 1.807) is 6.20 Å². The second-order valence-electron chi connectivity index (χ2n) is 5.57. The Morgan fingerprint density at radius 3 is 3.09 bits per heavy atom. The first kappa shape index (κ1) is 15.5. The molecule has 2 N–H and O–H groups in total. The lowest BCUT2D eigenvalue weighted by molar-refractivity contribution is -0.110. The van der Waals surface area contributed by atoms with Crippen LogP contribution in [0, 0.1) is 0 Å². The van der Waals surface area contributed by atoms with Gasteiger partial charge in [-0.3, -0.25) is 9.20 Å². The van der Waals surface area contributed by atoms with Gasteiger partial charge in [0.1, 0.15) is 5.82 Å². The summed E-state index contributed by atoms with van der Waals surface area (Å²) in [7, 11) is 0. The summed E-state index contributed by atoms with van der Waals surface area (Å²) in [5.41, 5.74) is 2.60. The zero-order valence-corrected chi connectivity index (χ0v) is 13.5. The Morgan fingerprint density at radius 2 is 2.26 bits per heavy atom. The Hall–Kier alpha value is -2.44. The van der Waals surface area contributed by atoms with Gasteiger partial charge in [0.05, 0.1) is 11.7 Å². The number of fused-ring (bicyclic) bond motifs is 3. The Kier molecular flexibility index (Phi) is 4.55. The van der Waals surface area contributed by atoms with Crippen LogP contribution in [0.25, 0.3) is 16.8 Å². The van der Waals surface area contributed by atoms with Crippen molar-refractivity contribution in [3.05, 3.63) is 24.3 Å². The van der Waals surface area contributed by atoms with Crippen LogP contribution in [0.1, 0.15) is 54.1 Å². The standard InChI is InChI=1S/C14H16N6O.C2H6.2H2/c21-8-17-10-3-1-2-9(6-10)14-19-18-12-7-16-13-11(20(12)14)4-5-15-13;1-2;;/h4-5,7-10,15H,1-3,6H2,(H,17,21);1-2H3;2*1H/t9-,10+;;;/m1.../s1. The number of amides is 1. The van der Waals surface area contributed by atoms with E-state index < -0.39 is 0 Å². The van der Waals surface area contributed by atoms with Gasteiger partial charge in [-0.1, -0.05) is 20.3 Å². The summed E-state index contributed by atoms with van der Waals surface area (Å²) in [6.45, 7) is 4.00. The van der Waals surface area contributed by atoms with Crippen molar-refractivity contribution < 1.29 is 7.65 Å². The predicted octanol–water partition coefficient (Wildman–Crippen LogP) is 2.90. The molecule has 0 radical (unpaired) electrons. The molecule has 3 heterocycles. The second-order valence-corrected chi connectivity index (χ2v) is 5.57. The number of H-pyrrole nitrogens is 1. The smallest absolute Gasteiger partial charge is 0.207 e. The summed E-state index contributed by atoms with van der Waals surface area (Å²) in [6, 6.07) is 2.23. The Labute approximate surface area is 137 Å². The third kappa shape index (κ3) is 2.78. The molecule has 0 saturated heterocycles. The molecule has 4 rings (SSSR count). The van der Waals surface area contributed by atoms with E-state index in [1.165, 1.54) is 0 Å². The summed E-state index contributed by atoms with van der Waals surface area (Å²) in [4.78, 5) is 18.1. The van der Waals surface area contributed by atoms with Crippen LogP contribution in [0.4, 0.5) is 0 Å². The van der Waals surface area contributed by atoms with Gasteiger partial charge in [-0.2, -0.15) is 0 Å². The van der Waals surface area contributed by atoms with Crippen LogP contribution in [0.15, 0.2) is 18.5 Å². The maximum Gasteiger partial charge on any atom is 0.207 e. The minimum atomic E-state index is 0. The quantitative estimate of drug-likeness (QED) is 0.727. The van der Waals surface area contributed by atoms with Gasteiger partial charge in [0.2, 0.25) is 6.41 Å². The van der Waals surface area contributed by atoms with Gasteiger partial charge in [-0.25, -0.2) is 4.98 Å². The number of nitrogens with one attached hydrogen (secondary N) is 2. The lowest BCUT2D eigenvalue weighted by Crippen LogP contribution is -2.33. The van der Waals surface area contributed by atoms with Crippen LogP contribution < -0.4 is 5.32 Å². The van der Waals surface area contributed by atoms with E-state index in [9.17, 15) is 4.79 Å². The fraction of sp³-hybridized carbons (Fsp3) is 0.500. The molecular formula is C16H26N6O. The van der Waals surface area contributed by atoms with Crippen molar-refractivity contribution in [2.24, 2.45) is 0 Å². The average Bonchev–Trinajstić information content (AvgIpc) is 3.23. The molecule has 3 aromatic rings. The number of nitrogens with zero attached hydrogens (tertiary/aromatic N) is 4. The van der Waals surface area contributed by atoms with Crippen LogP contribution >= 0.6 is 0 Å². The summed E-state index contributed by atoms with van der Waals surface area (Å²) in [5, 5.41) is 11.5. The highest BCUT2D eigenvalue weighted by atomic mass is 16.1. The fourth-order valence-corrected chi connectivity index (χ4v) is 3.33. The van der Waals surface area contributed by atoms with Gasteiger partial charge >= 0.3 is 0 Å². The van der Waals surface area contributed by atoms with Crippen LogP contribution in [0.3, 0.4) is 0 Å². The number of aromatic amines is 1. The Bertz CT molecular complexity index is 802. The van der Waals surface area contributed by atoms with Crippen molar-refractivity contribution in [2.75, 3.05) is 0 Å². The van der Waals surface area contributed by atoms with Crippen molar-refractivity contribution >= 4 is 23.2 Å². The highest BCUT2D eigenvalue weighted by Crippen LogP contribution is 2.32. The first-order valence-corrected chi connectivity index (χ1v) is 8.23. The summed E-state index contributed by atoms with van der Waals surface area (Å²) in [6.07, 6.45) is 8.51. The molecule has 1 saturated carbocycles. The third-order valence-corrected chi connectivity index (χ3v) is 4.31. The topological polar surface area (TPSA) is 88.0 Å². The van der Waals surface area contributed by atoms with Crippen LogP contribution in [-0.4, -0.2) is 37.0 Å². The molecule has 0 bridgehead atoms. The Morgan fingerprint density at radius 1 is 1.39 bits per heavy atom. The van der Waals surface area contributed by atoms with E-state index in [2.05, 4.69) is 29.9 Å². The zero-order valence-electron chi connectivity index (χ0n) is 13.5. The normalized spacial score (nSPS) is 21.0. The summed E-state index contributed by atoms with van der Waals surface area (Å²) < 4.78 is 2.08. The number of aromatic nitrogens is 5. The molecule has 0 aliphatic heterocycles. The maximum atomic E-state index is 10.7. The zero-order chi connectivity index (χ0) is 16.2. The molecule has 1 amide bonds. The molecule has 0 spiro atoms. The molecule has 7 heteroatoms. The molecule has 7 nitrogen and oxygen atoms in total. The van der Waals surface area contributed by atoms with Gasteiger partial charge in [0.25, 0.3) is 0 Å². The average molecular weight is 318 g/mol. The van der Waals surface area contributed by atoms with Crippen LogP contribution in [0.5, 0.6) is 0 Å². The predicted molar refractivity (Wildman–Crippen MR) is 92.4 cm³/mol. The van der Waals surface area contributed by atoms with Gasteiger partial charge in [0.15, 0.2) is 11.3 Å². The van der Waals surface area contributed by atoms with Gasteiger partial charge in [-0.15, -0.1) is 10.2 Å². The van der Waals surface area contributed by atoms with E-state index >= 15 is 0 Å². The van der Waals surface area contributed by atoms with Gasteiger partial charge < -0.3 is 10.3 Å². The molecule has 23 heavy (non-hydrogen) atoms. The minimum absolute atomic E-state index is 0. The van der Waals surface area contributed by atoms with E-state index in [4.69, 9.17) is 0 Å². The van der Waals surface area contributed by atoms with E-state index in [0.717, 1.165) is 54.7 Å². The van der Waals surface area contributed by atoms with Crippen molar-refractivity contribution in [2.45, 2.75) is 51.5 Å². The first-order valence-electron chi connectivity index (χ1n) is 8.23. The van der Waals surface area contributed by atoms with Gasteiger partial charge in [0, 0.05) is 21.0 Å². The monoisotopic (exact) mass is 318 g/mol. The fourth-order valence-electron chi connectivity index (χ4n) is 3.33. The van der Waals surface area contributed by atoms with Crippen molar-refractivity contribution in [3.63, 3.8) is 0 Å². The highest BCUT2D eigenvalue weighted by Gasteiger charge is 2.27. The number of hydrogen-bond donors (Lipinski definition) is 2. The van der Waals surface area contributed by atoms with E-state index in [1.807, 2.05) is 26.1 Å². The van der Waals surface area contributed by atoms with Crippen LogP contribution in [0.2, 0.25) is 0 Å². The van der Waals surface area contributed by atoms with Crippen LogP contribution in [-0.2, 0) is 4.79 Å². The lowest BCUT2D eigenvalue weighted by atomic mass is 9.85. The van der Waals surface area contributed by atoms with Gasteiger partial charge in [-0.05, 0) is 25.3 Å². The SMILES string of the molecule is CC.O=CN[C@H]1CCC[C@@H](c2nnc3cnc4[nH]ccc4n23)C1.[HH].[HH]. The number of carbonyl (C=O) groups is 1. The molecule has 1 aliphatic rings. The number of carbonyl (C=O) groups excluding carboxylic acids is 1. The number of rotatable bonds is 3. The molecular weight excluding hydrogens is 292 g/mol. The van der Waals surface area contributed by atoms with E-state index in [-0.39, 0.29) is 8.90 Å². The minimum Gasteiger partial charge on any atom is -0.356 e. The molecule has 3 aromatic heterocycles. The molecule has 0 aromatic carbocycles. The maximum absolute atomic E-state index is 10.7. The second kappa shape index (κ2) is 6.76. The Balaban J connectivity index is 0.000000755. The highest BCUT2D eigenvalue weighted by molar-refractivity contribution is 5.74. The third-order valence-electron chi connectivity index (χ3n) is 4.31. The van der Waals surface area contributed by atoms with Crippen molar-refractivity contribution in [1.29, 1.82) is 0 Å². The molecule has 2 atom stereocenters. The lowest BCUT2D eigenvalue weighted by Gasteiger charge is -2.27.